The van der Waals surface area contributed by atoms with E-state index in [9.17, 15) is 18.0 Å². The maximum Gasteiger partial charge on any atom is 0.416 e. The first-order chi connectivity index (χ1) is 11.3. The Kier molecular flexibility index (Phi) is 3.84. The quantitative estimate of drug-likeness (QED) is 0.730. The largest absolute Gasteiger partial charge is 0.478 e. The zero-order valence-electron chi connectivity index (χ0n) is 12.1. The molecule has 3 rings (SSSR count). The van der Waals surface area contributed by atoms with Crippen LogP contribution in [0.25, 0.3) is 10.9 Å². The summed E-state index contributed by atoms with van der Waals surface area (Å²) in [5.41, 5.74) is 0.00520. The Hall–Kier alpha value is -3.09. The molecule has 0 aliphatic carbocycles. The second-order valence-corrected chi connectivity index (χ2v) is 5.11. The summed E-state index contributed by atoms with van der Waals surface area (Å²) in [6.07, 6.45) is -4.43. The van der Waals surface area contributed by atoms with Gasteiger partial charge in [-0.05, 0) is 42.5 Å². The molecule has 7 heteroatoms. The molecule has 0 bridgehead atoms. The highest BCUT2D eigenvalue weighted by molar-refractivity contribution is 5.93. The van der Waals surface area contributed by atoms with E-state index in [0.29, 0.717) is 11.3 Å². The fourth-order valence-corrected chi connectivity index (χ4v) is 2.24. The first kappa shape index (κ1) is 15.8. The van der Waals surface area contributed by atoms with Crippen LogP contribution in [0, 0.1) is 0 Å². The van der Waals surface area contributed by atoms with E-state index in [4.69, 9.17) is 5.11 Å². The van der Waals surface area contributed by atoms with Crippen molar-refractivity contribution >= 4 is 28.4 Å². The molecule has 0 fully saturated rings. The highest BCUT2D eigenvalue weighted by Gasteiger charge is 2.30. The van der Waals surface area contributed by atoms with Crippen molar-refractivity contribution in [2.45, 2.75) is 6.18 Å². The van der Waals surface area contributed by atoms with Gasteiger partial charge in [0, 0.05) is 11.1 Å². The lowest BCUT2D eigenvalue weighted by atomic mass is 10.1. The average Bonchev–Trinajstić information content (AvgIpc) is 2.53. The van der Waals surface area contributed by atoms with Crippen molar-refractivity contribution in [2.75, 3.05) is 5.32 Å². The number of hydrogen-bond acceptors (Lipinski definition) is 3. The van der Waals surface area contributed by atoms with Gasteiger partial charge in [0.15, 0.2) is 0 Å². The minimum atomic E-state index is -4.43. The maximum absolute atomic E-state index is 12.7. The minimum absolute atomic E-state index is 0.0891. The van der Waals surface area contributed by atoms with Crippen LogP contribution in [0.1, 0.15) is 15.9 Å². The summed E-state index contributed by atoms with van der Waals surface area (Å²) in [5.74, 6) is -0.751. The van der Waals surface area contributed by atoms with Gasteiger partial charge in [-0.2, -0.15) is 13.2 Å². The van der Waals surface area contributed by atoms with E-state index in [1.165, 1.54) is 24.3 Å². The number of benzene rings is 2. The van der Waals surface area contributed by atoms with E-state index < -0.39 is 17.7 Å². The minimum Gasteiger partial charge on any atom is -0.478 e. The molecule has 0 radical (unpaired) electrons. The van der Waals surface area contributed by atoms with Gasteiger partial charge in [-0.15, -0.1) is 0 Å². The number of nitrogens with one attached hydrogen (secondary N) is 1. The van der Waals surface area contributed by atoms with Gasteiger partial charge < -0.3 is 10.4 Å². The van der Waals surface area contributed by atoms with Crippen LogP contribution in [-0.4, -0.2) is 16.1 Å². The van der Waals surface area contributed by atoms with Crippen molar-refractivity contribution in [3.05, 3.63) is 65.7 Å². The number of hydrogen-bond donors (Lipinski definition) is 2. The van der Waals surface area contributed by atoms with Crippen molar-refractivity contribution < 1.29 is 23.1 Å². The number of carbonyl (C=O) groups is 1. The highest BCUT2D eigenvalue weighted by Crippen LogP contribution is 2.31. The van der Waals surface area contributed by atoms with Gasteiger partial charge in [0.05, 0.1) is 16.6 Å². The van der Waals surface area contributed by atoms with E-state index >= 15 is 0 Å². The number of pyridine rings is 1. The standard InChI is InChI=1S/C17H11F3N2O2/c18-17(19,20)12-2-1-3-13(9-12)21-15-7-6-10-4-5-11(16(23)24)8-14(10)22-15/h1-9H,(H,21,22)(H,23,24). The zero-order chi connectivity index (χ0) is 17.3. The summed E-state index contributed by atoms with van der Waals surface area (Å²) in [7, 11) is 0. The van der Waals surface area contributed by atoms with Crippen molar-refractivity contribution in [3.63, 3.8) is 0 Å². The van der Waals surface area contributed by atoms with E-state index in [0.717, 1.165) is 17.5 Å². The SMILES string of the molecule is O=C(O)c1ccc2ccc(Nc3cccc(C(F)(F)F)c3)nc2c1. The molecule has 0 unspecified atom stereocenters. The number of anilines is 2. The average molecular weight is 332 g/mol. The Labute approximate surface area is 134 Å². The Balaban J connectivity index is 1.94. The Bertz CT molecular complexity index is 923. The number of alkyl halides is 3. The number of nitrogens with zero attached hydrogens (tertiary/aromatic N) is 1. The van der Waals surface area contributed by atoms with Crippen molar-refractivity contribution in [1.82, 2.24) is 4.98 Å². The number of carboxylic acids is 1. The summed E-state index contributed by atoms with van der Waals surface area (Å²) in [5, 5.41) is 12.5. The van der Waals surface area contributed by atoms with Crippen LogP contribution in [-0.2, 0) is 6.18 Å². The van der Waals surface area contributed by atoms with Crippen LogP contribution in [0.15, 0.2) is 54.6 Å². The van der Waals surface area contributed by atoms with Gasteiger partial charge in [-0.25, -0.2) is 9.78 Å². The number of carboxylic acid groups (broad SMARTS) is 1. The van der Waals surface area contributed by atoms with Crippen LogP contribution in [0.2, 0.25) is 0 Å². The first-order valence-electron chi connectivity index (χ1n) is 6.91. The molecule has 2 N–H and O–H groups in total. The van der Waals surface area contributed by atoms with Gasteiger partial charge in [0.2, 0.25) is 0 Å². The molecular formula is C17H11F3N2O2. The number of aromatic carboxylic acids is 1. The van der Waals surface area contributed by atoms with Gasteiger partial charge in [0.25, 0.3) is 0 Å². The van der Waals surface area contributed by atoms with Gasteiger partial charge in [-0.1, -0.05) is 12.1 Å². The molecule has 24 heavy (non-hydrogen) atoms. The third-order valence-electron chi connectivity index (χ3n) is 3.40. The predicted octanol–water partition coefficient (Wildman–Crippen LogP) is 4.70. The Morgan fingerprint density at radius 3 is 2.50 bits per heavy atom. The van der Waals surface area contributed by atoms with Gasteiger partial charge in [0.1, 0.15) is 5.82 Å². The summed E-state index contributed by atoms with van der Waals surface area (Å²) >= 11 is 0. The molecular weight excluding hydrogens is 321 g/mol. The lowest BCUT2D eigenvalue weighted by Crippen LogP contribution is -2.05. The lowest BCUT2D eigenvalue weighted by Gasteiger charge is -2.10. The summed E-state index contributed by atoms with van der Waals surface area (Å²) in [6, 6.07) is 12.6. The molecule has 0 amide bonds. The molecule has 1 heterocycles. The number of halogens is 3. The van der Waals surface area contributed by atoms with Crippen molar-refractivity contribution in [3.8, 4) is 0 Å². The molecule has 0 saturated heterocycles. The summed E-state index contributed by atoms with van der Waals surface area (Å²) in [6.45, 7) is 0. The van der Waals surface area contributed by atoms with Gasteiger partial charge in [-0.3, -0.25) is 0 Å². The van der Waals surface area contributed by atoms with E-state index in [2.05, 4.69) is 10.3 Å². The summed E-state index contributed by atoms with van der Waals surface area (Å²) in [4.78, 5) is 15.3. The van der Waals surface area contributed by atoms with Crippen LogP contribution < -0.4 is 5.32 Å². The monoisotopic (exact) mass is 332 g/mol. The van der Waals surface area contributed by atoms with E-state index in [1.807, 2.05) is 0 Å². The fraction of sp³-hybridized carbons (Fsp3) is 0.0588. The first-order valence-corrected chi connectivity index (χ1v) is 6.91. The topological polar surface area (TPSA) is 62.2 Å². The van der Waals surface area contributed by atoms with Crippen LogP contribution >= 0.6 is 0 Å². The van der Waals surface area contributed by atoms with E-state index in [1.54, 1.807) is 18.2 Å². The Morgan fingerprint density at radius 2 is 1.79 bits per heavy atom. The smallest absolute Gasteiger partial charge is 0.416 e. The normalized spacial score (nSPS) is 11.5. The Morgan fingerprint density at radius 1 is 1.04 bits per heavy atom. The second-order valence-electron chi connectivity index (χ2n) is 5.11. The molecule has 0 aliphatic rings. The lowest BCUT2D eigenvalue weighted by molar-refractivity contribution is -0.137. The molecule has 122 valence electrons. The highest BCUT2D eigenvalue weighted by atomic mass is 19.4. The predicted molar refractivity (Wildman–Crippen MR) is 83.4 cm³/mol. The molecule has 0 aliphatic heterocycles. The van der Waals surface area contributed by atoms with Crippen LogP contribution in [0.5, 0.6) is 0 Å². The molecule has 2 aromatic carbocycles. The number of rotatable bonds is 3. The molecule has 4 nitrogen and oxygen atoms in total. The maximum atomic E-state index is 12.7. The molecule has 3 aromatic rings. The molecule has 0 atom stereocenters. The van der Waals surface area contributed by atoms with E-state index in [-0.39, 0.29) is 11.3 Å². The molecule has 0 spiro atoms. The molecule has 0 saturated carbocycles. The number of aromatic nitrogens is 1. The van der Waals surface area contributed by atoms with Crippen LogP contribution in [0.4, 0.5) is 24.7 Å². The third kappa shape index (κ3) is 3.29. The fourth-order valence-electron chi connectivity index (χ4n) is 2.24. The summed E-state index contributed by atoms with van der Waals surface area (Å²) < 4.78 is 38.2. The van der Waals surface area contributed by atoms with Crippen molar-refractivity contribution in [1.29, 1.82) is 0 Å². The van der Waals surface area contributed by atoms with Crippen LogP contribution in [0.3, 0.4) is 0 Å². The van der Waals surface area contributed by atoms with Gasteiger partial charge >= 0.3 is 12.1 Å². The number of fused-ring (bicyclic) bond motifs is 1. The second kappa shape index (κ2) is 5.84. The molecule has 1 aromatic heterocycles. The van der Waals surface area contributed by atoms with Crippen molar-refractivity contribution in [2.24, 2.45) is 0 Å². The third-order valence-corrected chi connectivity index (χ3v) is 3.40. The zero-order valence-corrected chi connectivity index (χ0v) is 12.1.